The van der Waals surface area contributed by atoms with E-state index in [0.29, 0.717) is 35.5 Å². The van der Waals surface area contributed by atoms with Gasteiger partial charge in [-0.05, 0) is 19.1 Å². The zero-order chi connectivity index (χ0) is 23.1. The van der Waals surface area contributed by atoms with Crippen LogP contribution in [0.5, 0.6) is 5.75 Å². The molecule has 1 unspecified atom stereocenters. The van der Waals surface area contributed by atoms with E-state index < -0.39 is 11.9 Å². The van der Waals surface area contributed by atoms with Crippen molar-refractivity contribution in [2.24, 2.45) is 5.92 Å². The first-order valence-corrected chi connectivity index (χ1v) is 11.1. The second kappa shape index (κ2) is 8.14. The Hall–Kier alpha value is -4.04. The van der Waals surface area contributed by atoms with Crippen LogP contribution < -0.4 is 10.1 Å². The Morgan fingerprint density at radius 2 is 2.21 bits per heavy atom. The summed E-state index contributed by atoms with van der Waals surface area (Å²) in [6.45, 7) is 2.42. The van der Waals surface area contributed by atoms with E-state index in [1.54, 1.807) is 37.4 Å². The average molecular weight is 462 g/mol. The molecule has 1 fully saturated rings. The first-order valence-electron chi connectivity index (χ1n) is 10.2. The van der Waals surface area contributed by atoms with Crippen molar-refractivity contribution < 1.29 is 14.3 Å². The van der Waals surface area contributed by atoms with E-state index in [0.717, 1.165) is 20.8 Å². The third-order valence-corrected chi connectivity index (χ3v) is 6.73. The van der Waals surface area contributed by atoms with Gasteiger partial charge >= 0.3 is 0 Å². The summed E-state index contributed by atoms with van der Waals surface area (Å²) in [6, 6.07) is 5.12. The van der Waals surface area contributed by atoms with Crippen LogP contribution in [0.2, 0.25) is 0 Å². The number of aromatic nitrogens is 4. The quantitative estimate of drug-likeness (QED) is 0.465. The van der Waals surface area contributed by atoms with Crippen molar-refractivity contribution in [2.45, 2.75) is 13.0 Å². The monoisotopic (exact) mass is 461 g/mol. The fraction of sp³-hybridized carbons (Fsp3) is 0.273. The number of amides is 2. The van der Waals surface area contributed by atoms with Crippen LogP contribution in [0, 0.1) is 17.2 Å². The van der Waals surface area contributed by atoms with Gasteiger partial charge in [0.2, 0.25) is 5.91 Å². The predicted molar refractivity (Wildman–Crippen MR) is 122 cm³/mol. The number of pyridine rings is 1. The average Bonchev–Trinajstić information content (AvgIpc) is 3.41. The largest absolute Gasteiger partial charge is 0.495 e. The molecule has 0 spiro atoms. The van der Waals surface area contributed by atoms with Crippen molar-refractivity contribution in [3.8, 4) is 22.4 Å². The highest BCUT2D eigenvalue weighted by Crippen LogP contribution is 2.37. The number of nitrogens with one attached hydrogen (secondary N) is 2. The lowest BCUT2D eigenvalue weighted by Gasteiger charge is -2.37. The second-order valence-corrected chi connectivity index (χ2v) is 8.81. The van der Waals surface area contributed by atoms with Crippen molar-refractivity contribution in [2.75, 3.05) is 20.2 Å². The maximum atomic E-state index is 12.9. The van der Waals surface area contributed by atoms with E-state index in [1.807, 2.05) is 6.07 Å². The zero-order valence-corrected chi connectivity index (χ0v) is 18.6. The molecule has 11 heteroatoms. The highest BCUT2D eigenvalue weighted by Gasteiger charge is 2.33. The van der Waals surface area contributed by atoms with Crippen molar-refractivity contribution in [3.63, 3.8) is 0 Å². The van der Waals surface area contributed by atoms with Gasteiger partial charge in [0, 0.05) is 25.5 Å². The number of nitrogens with zero attached hydrogens (tertiary/aromatic N) is 5. The molecule has 1 aliphatic heterocycles. The van der Waals surface area contributed by atoms with Crippen LogP contribution >= 0.6 is 11.3 Å². The third kappa shape index (κ3) is 3.64. The van der Waals surface area contributed by atoms with Crippen LogP contribution in [-0.4, -0.2) is 62.9 Å². The van der Waals surface area contributed by atoms with Gasteiger partial charge in [0.1, 0.15) is 17.3 Å². The molecule has 0 aliphatic carbocycles. The molecule has 5 rings (SSSR count). The Kier molecular flexibility index (Phi) is 5.14. The normalized spacial score (nSPS) is 14.6. The Morgan fingerprint density at radius 1 is 1.39 bits per heavy atom. The number of hydrogen-bond donors (Lipinski definition) is 2. The molecule has 166 valence electrons. The second-order valence-electron chi connectivity index (χ2n) is 7.76. The summed E-state index contributed by atoms with van der Waals surface area (Å²) in [7, 11) is 1.61. The van der Waals surface area contributed by atoms with Gasteiger partial charge in [0.05, 0.1) is 51.6 Å². The smallest absolute Gasteiger partial charge is 0.255 e. The summed E-state index contributed by atoms with van der Waals surface area (Å²) in [6.07, 6.45) is 4.86. The minimum absolute atomic E-state index is 0.136. The number of thiophene rings is 1. The zero-order valence-electron chi connectivity index (χ0n) is 17.8. The lowest BCUT2D eigenvalue weighted by molar-refractivity contribution is -0.137. The van der Waals surface area contributed by atoms with Gasteiger partial charge in [0.15, 0.2) is 5.65 Å². The highest BCUT2D eigenvalue weighted by molar-refractivity contribution is 7.22. The van der Waals surface area contributed by atoms with Gasteiger partial charge in [-0.3, -0.25) is 14.6 Å². The highest BCUT2D eigenvalue weighted by atomic mass is 32.1. The van der Waals surface area contributed by atoms with E-state index in [1.165, 1.54) is 17.5 Å². The Morgan fingerprint density at radius 3 is 2.97 bits per heavy atom. The Balaban J connectivity index is 1.40. The first kappa shape index (κ1) is 20.8. The molecule has 2 amide bonds. The number of hydrogen-bond acceptors (Lipinski definition) is 8. The van der Waals surface area contributed by atoms with Gasteiger partial charge in [-0.1, -0.05) is 0 Å². The molecule has 10 nitrogen and oxygen atoms in total. The standard InChI is InChI=1S/C22H19N7O3S/c1-11(22(31)29-9-12(6-23)10-29)27-21(30)13-7-25-20-18(13)28-15(8-26-20)17-5-14-19(33-17)16(32-2)3-4-24-14/h3-5,7-8,11-12H,9-10H2,1-2H3,(H,25,26)(H,27,30). The van der Waals surface area contributed by atoms with E-state index in [4.69, 9.17) is 10.00 Å². The topological polar surface area (TPSA) is 137 Å². The third-order valence-electron chi connectivity index (χ3n) is 5.57. The summed E-state index contributed by atoms with van der Waals surface area (Å²) in [4.78, 5) is 44.2. The maximum absolute atomic E-state index is 12.9. The van der Waals surface area contributed by atoms with E-state index in [-0.39, 0.29) is 11.8 Å². The molecule has 0 aromatic carbocycles. The van der Waals surface area contributed by atoms with Crippen LogP contribution in [0.15, 0.2) is 30.7 Å². The van der Waals surface area contributed by atoms with Crippen LogP contribution in [0.4, 0.5) is 0 Å². The van der Waals surface area contributed by atoms with Crippen LogP contribution in [-0.2, 0) is 4.79 Å². The number of fused-ring (bicyclic) bond motifs is 2. The molecule has 2 N–H and O–H groups in total. The van der Waals surface area contributed by atoms with Crippen molar-refractivity contribution in [1.29, 1.82) is 5.26 Å². The van der Waals surface area contributed by atoms with E-state index in [9.17, 15) is 9.59 Å². The van der Waals surface area contributed by atoms with Gasteiger partial charge in [-0.2, -0.15) is 5.26 Å². The number of carbonyl (C=O) groups is 2. The lowest BCUT2D eigenvalue weighted by atomic mass is 10.0. The fourth-order valence-corrected chi connectivity index (χ4v) is 4.80. The minimum atomic E-state index is -0.723. The van der Waals surface area contributed by atoms with E-state index in [2.05, 4.69) is 31.3 Å². The molecule has 1 saturated heterocycles. The number of ether oxygens (including phenoxy) is 1. The molecule has 4 aromatic heterocycles. The lowest BCUT2D eigenvalue weighted by Crippen LogP contribution is -2.55. The molecule has 4 aromatic rings. The maximum Gasteiger partial charge on any atom is 0.255 e. The summed E-state index contributed by atoms with van der Waals surface area (Å²) in [5, 5.41) is 11.6. The van der Waals surface area contributed by atoms with Crippen molar-refractivity contribution in [1.82, 2.24) is 30.2 Å². The summed E-state index contributed by atoms with van der Waals surface area (Å²) < 4.78 is 6.32. The molecule has 0 saturated carbocycles. The van der Waals surface area contributed by atoms with Crippen molar-refractivity contribution >= 4 is 44.5 Å². The summed E-state index contributed by atoms with van der Waals surface area (Å²) in [5.74, 6) is -0.0454. The molecular formula is C22H19N7O3S. The minimum Gasteiger partial charge on any atom is -0.495 e. The van der Waals surface area contributed by atoms with Crippen molar-refractivity contribution in [3.05, 3.63) is 36.3 Å². The molecular weight excluding hydrogens is 442 g/mol. The van der Waals surface area contributed by atoms with Crippen LogP contribution in [0.25, 0.3) is 32.0 Å². The number of likely N-dealkylation sites (tertiary alicyclic amines) is 1. The number of H-pyrrole nitrogens is 1. The molecule has 33 heavy (non-hydrogen) atoms. The Labute approximate surface area is 192 Å². The molecule has 0 radical (unpaired) electrons. The number of aromatic amines is 1. The number of rotatable bonds is 5. The van der Waals surface area contributed by atoms with Gasteiger partial charge in [-0.25, -0.2) is 9.97 Å². The summed E-state index contributed by atoms with van der Waals surface area (Å²) >= 11 is 1.48. The summed E-state index contributed by atoms with van der Waals surface area (Å²) in [5.41, 5.74) is 2.58. The molecule has 5 heterocycles. The first-order chi connectivity index (χ1) is 16.0. The van der Waals surface area contributed by atoms with E-state index >= 15 is 0 Å². The molecule has 1 aliphatic rings. The molecule has 0 bridgehead atoms. The van der Waals surface area contributed by atoms with Gasteiger partial charge < -0.3 is 19.9 Å². The fourth-order valence-electron chi connectivity index (χ4n) is 3.74. The molecule has 1 atom stereocenters. The van der Waals surface area contributed by atoms with Gasteiger partial charge in [0.25, 0.3) is 5.91 Å². The Bertz CT molecular complexity index is 1430. The number of carbonyl (C=O) groups excluding carboxylic acids is 2. The number of nitriles is 1. The number of methoxy groups -OCH3 is 1. The van der Waals surface area contributed by atoms with Crippen LogP contribution in [0.3, 0.4) is 0 Å². The SMILES string of the molecule is COc1ccnc2cc(-c3cnc4[nH]cc(C(=O)NC(C)C(=O)N5CC(C#N)C5)c4n3)sc12. The predicted octanol–water partition coefficient (Wildman–Crippen LogP) is 2.34. The van der Waals surface area contributed by atoms with Gasteiger partial charge in [-0.15, -0.1) is 11.3 Å². The van der Waals surface area contributed by atoms with Crippen LogP contribution in [0.1, 0.15) is 17.3 Å².